The van der Waals surface area contributed by atoms with Crippen LogP contribution in [0.1, 0.15) is 39.2 Å². The Balaban J connectivity index is 1.62. The molecule has 2 heteroatoms. The second kappa shape index (κ2) is 6.14. The SMILES string of the molecule is Cc1cc2c(cc1N1C(C)C3CCC1C3(C)C)c1ccccc1n2-c1ccccc1. The summed E-state index contributed by atoms with van der Waals surface area (Å²) in [6.07, 6.45) is 2.70. The monoisotopic (exact) mass is 394 g/mol. The van der Waals surface area contributed by atoms with Crippen molar-refractivity contribution >= 4 is 27.5 Å². The molecule has 2 bridgehead atoms. The van der Waals surface area contributed by atoms with Gasteiger partial charge in [-0.25, -0.2) is 0 Å². The van der Waals surface area contributed by atoms with Gasteiger partial charge in [-0.1, -0.05) is 50.2 Å². The number of fused-ring (bicyclic) bond motifs is 5. The third kappa shape index (κ3) is 2.25. The lowest BCUT2D eigenvalue weighted by molar-refractivity contribution is 0.286. The molecule has 1 saturated carbocycles. The minimum Gasteiger partial charge on any atom is -0.365 e. The Kier molecular flexibility index (Phi) is 3.69. The van der Waals surface area contributed by atoms with Crippen molar-refractivity contribution in [3.05, 3.63) is 72.3 Å². The molecule has 1 aliphatic carbocycles. The Hall–Kier alpha value is -2.74. The van der Waals surface area contributed by atoms with Gasteiger partial charge in [0, 0.05) is 34.2 Å². The lowest BCUT2D eigenvalue weighted by atomic mass is 9.80. The van der Waals surface area contributed by atoms with Gasteiger partial charge in [0.1, 0.15) is 0 Å². The maximum atomic E-state index is 2.76. The average molecular weight is 395 g/mol. The summed E-state index contributed by atoms with van der Waals surface area (Å²) < 4.78 is 2.42. The smallest absolute Gasteiger partial charge is 0.0545 e. The first-order valence-electron chi connectivity index (χ1n) is 11.4. The van der Waals surface area contributed by atoms with Crippen LogP contribution in [0, 0.1) is 18.3 Å². The van der Waals surface area contributed by atoms with Crippen LogP contribution in [0.2, 0.25) is 0 Å². The molecule has 0 radical (unpaired) electrons. The largest absolute Gasteiger partial charge is 0.365 e. The maximum absolute atomic E-state index is 2.76. The van der Waals surface area contributed by atoms with Gasteiger partial charge in [0.25, 0.3) is 0 Å². The van der Waals surface area contributed by atoms with E-state index in [9.17, 15) is 0 Å². The molecule has 2 heterocycles. The standard InChI is InChI=1S/C28H30N2/c1-18-16-26-22(17-25(18)29-19(2)23-14-15-27(29)28(23,3)4)21-12-8-9-13-24(21)30(26)20-10-6-5-7-11-20/h5-13,16-17,19,23,27H,14-15H2,1-4H3. The molecule has 1 aliphatic heterocycles. The predicted molar refractivity (Wildman–Crippen MR) is 128 cm³/mol. The molecular weight excluding hydrogens is 364 g/mol. The molecule has 152 valence electrons. The molecule has 4 aromatic rings. The number of hydrogen-bond acceptors (Lipinski definition) is 1. The third-order valence-electron chi connectivity index (χ3n) is 8.21. The molecule has 2 nitrogen and oxygen atoms in total. The summed E-state index contributed by atoms with van der Waals surface area (Å²) in [5.41, 5.74) is 7.04. The van der Waals surface area contributed by atoms with Crippen LogP contribution in [0.15, 0.2) is 66.7 Å². The minimum absolute atomic E-state index is 0.402. The summed E-state index contributed by atoms with van der Waals surface area (Å²) in [5.74, 6) is 0.795. The Morgan fingerprint density at radius 3 is 2.30 bits per heavy atom. The highest BCUT2D eigenvalue weighted by molar-refractivity contribution is 6.10. The Morgan fingerprint density at radius 2 is 1.57 bits per heavy atom. The van der Waals surface area contributed by atoms with E-state index in [1.54, 1.807) is 0 Å². The number of benzene rings is 3. The van der Waals surface area contributed by atoms with Crippen molar-refractivity contribution < 1.29 is 0 Å². The van der Waals surface area contributed by atoms with Crippen LogP contribution in [0.3, 0.4) is 0 Å². The number of aryl methyl sites for hydroxylation is 1. The summed E-state index contributed by atoms with van der Waals surface area (Å²) >= 11 is 0. The molecule has 3 unspecified atom stereocenters. The molecule has 3 atom stereocenters. The Morgan fingerprint density at radius 1 is 0.833 bits per heavy atom. The minimum atomic E-state index is 0.402. The molecule has 0 N–H and O–H groups in total. The first-order chi connectivity index (χ1) is 14.5. The van der Waals surface area contributed by atoms with E-state index < -0.39 is 0 Å². The van der Waals surface area contributed by atoms with Crippen molar-refractivity contribution in [1.82, 2.24) is 4.57 Å². The van der Waals surface area contributed by atoms with Crippen molar-refractivity contribution in [2.45, 2.75) is 52.6 Å². The van der Waals surface area contributed by atoms with Gasteiger partial charge in [-0.3, -0.25) is 0 Å². The zero-order chi connectivity index (χ0) is 20.6. The number of hydrogen-bond donors (Lipinski definition) is 0. The number of para-hydroxylation sites is 2. The fraction of sp³-hybridized carbons (Fsp3) is 0.357. The van der Waals surface area contributed by atoms with Gasteiger partial charge in [-0.05, 0) is 73.9 Å². The van der Waals surface area contributed by atoms with Crippen molar-refractivity contribution in [2.75, 3.05) is 4.90 Å². The van der Waals surface area contributed by atoms with E-state index in [2.05, 4.69) is 104 Å². The van der Waals surface area contributed by atoms with Gasteiger partial charge in [0.2, 0.25) is 0 Å². The molecule has 0 spiro atoms. The number of piperidine rings is 1. The summed E-state index contributed by atoms with van der Waals surface area (Å²) in [7, 11) is 0. The topological polar surface area (TPSA) is 8.17 Å². The molecule has 1 saturated heterocycles. The van der Waals surface area contributed by atoms with Crippen LogP contribution in [0.25, 0.3) is 27.5 Å². The summed E-state index contributed by atoms with van der Waals surface area (Å²) in [4.78, 5) is 2.76. The molecular formula is C28H30N2. The van der Waals surface area contributed by atoms with Crippen molar-refractivity contribution in [3.8, 4) is 5.69 Å². The number of nitrogens with zero attached hydrogens (tertiary/aromatic N) is 2. The Bertz CT molecular complexity index is 1260. The zero-order valence-corrected chi connectivity index (χ0v) is 18.4. The lowest BCUT2D eigenvalue weighted by Crippen LogP contribution is -2.40. The van der Waals surface area contributed by atoms with Crippen LogP contribution in [-0.4, -0.2) is 16.7 Å². The molecule has 2 aliphatic rings. The summed E-state index contributed by atoms with van der Waals surface area (Å²) in [5, 5.41) is 2.71. The van der Waals surface area contributed by atoms with E-state index in [0.29, 0.717) is 17.5 Å². The van der Waals surface area contributed by atoms with Gasteiger partial charge in [0.05, 0.1) is 11.0 Å². The van der Waals surface area contributed by atoms with Gasteiger partial charge in [-0.2, -0.15) is 0 Å². The quantitative estimate of drug-likeness (QED) is 0.352. The second-order valence-corrected chi connectivity index (χ2v) is 10.0. The van der Waals surface area contributed by atoms with Gasteiger partial charge < -0.3 is 9.47 Å². The molecule has 1 aromatic heterocycles. The molecule has 3 aromatic carbocycles. The van der Waals surface area contributed by atoms with Crippen LogP contribution in [0.4, 0.5) is 5.69 Å². The predicted octanol–water partition coefficient (Wildman–Crippen LogP) is 7.11. The van der Waals surface area contributed by atoms with E-state index in [4.69, 9.17) is 0 Å². The van der Waals surface area contributed by atoms with E-state index in [1.807, 2.05) is 0 Å². The first kappa shape index (κ1) is 18.1. The first-order valence-corrected chi connectivity index (χ1v) is 11.4. The highest BCUT2D eigenvalue weighted by atomic mass is 15.3. The van der Waals surface area contributed by atoms with Gasteiger partial charge >= 0.3 is 0 Å². The number of aromatic nitrogens is 1. The van der Waals surface area contributed by atoms with E-state index in [-0.39, 0.29) is 0 Å². The molecule has 6 rings (SSSR count). The number of anilines is 1. The average Bonchev–Trinajstić information content (AvgIpc) is 3.29. The van der Waals surface area contributed by atoms with Crippen molar-refractivity contribution in [2.24, 2.45) is 11.3 Å². The van der Waals surface area contributed by atoms with E-state index >= 15 is 0 Å². The molecule has 0 amide bonds. The Labute approximate surface area is 179 Å². The van der Waals surface area contributed by atoms with Crippen LogP contribution in [0.5, 0.6) is 0 Å². The van der Waals surface area contributed by atoms with Crippen LogP contribution >= 0.6 is 0 Å². The van der Waals surface area contributed by atoms with Crippen LogP contribution in [-0.2, 0) is 0 Å². The van der Waals surface area contributed by atoms with Gasteiger partial charge in [0.15, 0.2) is 0 Å². The van der Waals surface area contributed by atoms with Crippen molar-refractivity contribution in [1.29, 1.82) is 0 Å². The fourth-order valence-electron chi connectivity index (χ4n) is 6.80. The second-order valence-electron chi connectivity index (χ2n) is 10.0. The highest BCUT2D eigenvalue weighted by Gasteiger charge is 2.56. The highest BCUT2D eigenvalue weighted by Crippen LogP contribution is 2.56. The normalized spacial score (nSPS) is 24.9. The lowest BCUT2D eigenvalue weighted by Gasteiger charge is -2.37. The fourth-order valence-corrected chi connectivity index (χ4v) is 6.80. The van der Waals surface area contributed by atoms with Gasteiger partial charge in [-0.15, -0.1) is 0 Å². The maximum Gasteiger partial charge on any atom is 0.0545 e. The van der Waals surface area contributed by atoms with E-state index in [1.165, 1.54) is 51.6 Å². The molecule has 30 heavy (non-hydrogen) atoms. The summed E-state index contributed by atoms with van der Waals surface area (Å²) in [6, 6.07) is 25.8. The third-order valence-corrected chi connectivity index (χ3v) is 8.21. The molecule has 2 fully saturated rings. The summed E-state index contributed by atoms with van der Waals surface area (Å²) in [6.45, 7) is 9.72. The zero-order valence-electron chi connectivity index (χ0n) is 18.4. The van der Waals surface area contributed by atoms with Crippen LogP contribution < -0.4 is 4.90 Å². The van der Waals surface area contributed by atoms with Crippen molar-refractivity contribution in [3.63, 3.8) is 0 Å². The van der Waals surface area contributed by atoms with E-state index in [0.717, 1.165) is 5.92 Å². The number of rotatable bonds is 2.